The highest BCUT2D eigenvalue weighted by Crippen LogP contribution is 2.38. The zero-order valence-electron chi connectivity index (χ0n) is 10.3. The second-order valence-corrected chi connectivity index (χ2v) is 5.86. The van der Waals surface area contributed by atoms with Crippen LogP contribution < -0.4 is 0 Å². The lowest BCUT2D eigenvalue weighted by Crippen LogP contribution is -2.08. The molecule has 2 atom stereocenters. The molecule has 2 aliphatic carbocycles. The highest BCUT2D eigenvalue weighted by atomic mass is 14.3. The summed E-state index contributed by atoms with van der Waals surface area (Å²) < 4.78 is 0. The van der Waals surface area contributed by atoms with Gasteiger partial charge in [0.25, 0.3) is 0 Å². The van der Waals surface area contributed by atoms with Crippen LogP contribution in [0.3, 0.4) is 0 Å². The van der Waals surface area contributed by atoms with Gasteiger partial charge in [0.05, 0.1) is 0 Å². The lowest BCUT2D eigenvalue weighted by Gasteiger charge is -2.20. The molecule has 0 aliphatic heterocycles. The molecule has 0 nitrogen and oxygen atoms in total. The average molecular weight is 208 g/mol. The van der Waals surface area contributed by atoms with E-state index >= 15 is 0 Å². The first-order valence-corrected chi connectivity index (χ1v) is 7.47. The molecule has 2 aliphatic rings. The van der Waals surface area contributed by atoms with Crippen LogP contribution in [0.15, 0.2) is 0 Å². The molecule has 2 fully saturated rings. The normalized spacial score (nSPS) is 35.2. The number of fused-ring (bicyclic) bond motifs is 1. The molecule has 0 radical (unpaired) electrons. The smallest absolute Gasteiger partial charge is 0.0386 e. The zero-order valence-corrected chi connectivity index (χ0v) is 10.3. The summed E-state index contributed by atoms with van der Waals surface area (Å²) in [5, 5.41) is 0. The third-order valence-electron chi connectivity index (χ3n) is 4.72. The second-order valence-electron chi connectivity index (χ2n) is 5.86. The Hall–Kier alpha value is 0. The maximum atomic E-state index is 1.56. The first kappa shape index (κ1) is 11.5. The van der Waals surface area contributed by atoms with E-state index in [1.807, 2.05) is 0 Å². The summed E-state index contributed by atoms with van der Waals surface area (Å²) >= 11 is 0. The van der Waals surface area contributed by atoms with Gasteiger partial charge in [-0.2, -0.15) is 0 Å². The molecular formula is C15H28. The molecule has 2 unspecified atom stereocenters. The van der Waals surface area contributed by atoms with Crippen LogP contribution in [0.4, 0.5) is 0 Å². The van der Waals surface area contributed by atoms with Gasteiger partial charge in [-0.15, -0.1) is 0 Å². The summed E-state index contributed by atoms with van der Waals surface area (Å²) in [7, 11) is 0. The van der Waals surface area contributed by atoms with E-state index in [1.165, 1.54) is 57.8 Å². The third-order valence-corrected chi connectivity index (χ3v) is 4.72. The predicted molar refractivity (Wildman–Crippen MR) is 67.0 cm³/mol. The number of rotatable bonds is 0. The van der Waals surface area contributed by atoms with Crippen LogP contribution in [0.1, 0.15) is 83.5 Å². The van der Waals surface area contributed by atoms with Gasteiger partial charge in [0.1, 0.15) is 0 Å². The Morgan fingerprint density at radius 1 is 0.333 bits per heavy atom. The molecule has 88 valence electrons. The lowest BCUT2D eigenvalue weighted by atomic mass is 9.86. The van der Waals surface area contributed by atoms with Gasteiger partial charge in [-0.05, 0) is 11.8 Å². The van der Waals surface area contributed by atoms with Crippen molar-refractivity contribution in [3.05, 3.63) is 0 Å². The minimum Gasteiger partial charge on any atom is -0.0533 e. The topological polar surface area (TPSA) is 0 Å². The molecule has 15 heavy (non-hydrogen) atoms. The molecule has 0 saturated heterocycles. The van der Waals surface area contributed by atoms with E-state index in [4.69, 9.17) is 0 Å². The largest absolute Gasteiger partial charge is 0.0533 e. The Bertz CT molecular complexity index is 143. The molecule has 0 amide bonds. The Morgan fingerprint density at radius 2 is 0.667 bits per heavy atom. The second kappa shape index (κ2) is 6.55. The van der Waals surface area contributed by atoms with Crippen molar-refractivity contribution in [1.82, 2.24) is 0 Å². The number of hydrogen-bond acceptors (Lipinski definition) is 0. The minimum atomic E-state index is 1.13. The molecular weight excluding hydrogens is 180 g/mol. The Balaban J connectivity index is 1.77. The number of hydrogen-bond donors (Lipinski definition) is 0. The van der Waals surface area contributed by atoms with Gasteiger partial charge in [-0.25, -0.2) is 0 Å². The fourth-order valence-electron chi connectivity index (χ4n) is 3.75. The Morgan fingerprint density at radius 3 is 1.13 bits per heavy atom. The van der Waals surface area contributed by atoms with Crippen LogP contribution in [0.5, 0.6) is 0 Å². The molecule has 0 bridgehead atoms. The van der Waals surface area contributed by atoms with E-state index in [1.54, 1.807) is 25.7 Å². The van der Waals surface area contributed by atoms with Gasteiger partial charge < -0.3 is 0 Å². The van der Waals surface area contributed by atoms with E-state index in [9.17, 15) is 0 Å². The fraction of sp³-hybridized carbons (Fsp3) is 1.00. The van der Waals surface area contributed by atoms with Crippen molar-refractivity contribution in [2.24, 2.45) is 11.8 Å². The van der Waals surface area contributed by atoms with E-state index in [0.29, 0.717) is 0 Å². The van der Waals surface area contributed by atoms with Gasteiger partial charge in [-0.1, -0.05) is 83.5 Å². The van der Waals surface area contributed by atoms with Crippen molar-refractivity contribution in [2.75, 3.05) is 0 Å². The molecule has 0 aromatic rings. The monoisotopic (exact) mass is 208 g/mol. The van der Waals surface area contributed by atoms with Crippen LogP contribution >= 0.6 is 0 Å². The van der Waals surface area contributed by atoms with E-state index in [-0.39, 0.29) is 0 Å². The fourth-order valence-corrected chi connectivity index (χ4v) is 3.75. The summed E-state index contributed by atoms with van der Waals surface area (Å²) in [4.78, 5) is 0. The van der Waals surface area contributed by atoms with Crippen molar-refractivity contribution in [3.63, 3.8) is 0 Å². The lowest BCUT2D eigenvalue weighted by molar-refractivity contribution is 0.318. The predicted octanol–water partition coefficient (Wildman–Crippen LogP) is 5.32. The SMILES string of the molecule is C1CCCCCC2CCCC2CCCC1. The quantitative estimate of drug-likeness (QED) is 0.505. The maximum absolute atomic E-state index is 1.56. The maximum Gasteiger partial charge on any atom is -0.0386 e. The minimum absolute atomic E-state index is 1.13. The van der Waals surface area contributed by atoms with E-state index in [0.717, 1.165) is 11.8 Å². The highest BCUT2D eigenvalue weighted by molar-refractivity contribution is 4.77. The van der Waals surface area contributed by atoms with Crippen molar-refractivity contribution < 1.29 is 0 Å². The summed E-state index contributed by atoms with van der Waals surface area (Å²) in [5.74, 6) is 2.26. The van der Waals surface area contributed by atoms with Crippen molar-refractivity contribution in [2.45, 2.75) is 83.5 Å². The molecule has 2 rings (SSSR count). The van der Waals surface area contributed by atoms with Crippen LogP contribution in [0.2, 0.25) is 0 Å². The summed E-state index contributed by atoms with van der Waals surface area (Å²) in [6, 6.07) is 0. The first-order chi connectivity index (χ1) is 7.47. The van der Waals surface area contributed by atoms with Crippen LogP contribution in [0.25, 0.3) is 0 Å². The van der Waals surface area contributed by atoms with Gasteiger partial charge in [-0.3, -0.25) is 0 Å². The Kier molecular flexibility index (Phi) is 5.02. The molecule has 0 aromatic carbocycles. The summed E-state index contributed by atoms with van der Waals surface area (Å²) in [6.07, 6.45) is 19.9. The van der Waals surface area contributed by atoms with Crippen LogP contribution in [-0.4, -0.2) is 0 Å². The van der Waals surface area contributed by atoms with Crippen molar-refractivity contribution in [3.8, 4) is 0 Å². The molecule has 2 saturated carbocycles. The van der Waals surface area contributed by atoms with E-state index < -0.39 is 0 Å². The molecule has 0 heterocycles. The summed E-state index contributed by atoms with van der Waals surface area (Å²) in [6.45, 7) is 0. The molecule has 0 spiro atoms. The van der Waals surface area contributed by atoms with Gasteiger partial charge >= 0.3 is 0 Å². The van der Waals surface area contributed by atoms with Gasteiger partial charge in [0, 0.05) is 0 Å². The zero-order chi connectivity index (χ0) is 10.3. The first-order valence-electron chi connectivity index (χ1n) is 7.47. The molecule has 0 aromatic heterocycles. The Labute approximate surface area is 95.8 Å². The van der Waals surface area contributed by atoms with Crippen molar-refractivity contribution in [1.29, 1.82) is 0 Å². The van der Waals surface area contributed by atoms with Crippen molar-refractivity contribution >= 4 is 0 Å². The van der Waals surface area contributed by atoms with Gasteiger partial charge in [0.2, 0.25) is 0 Å². The van der Waals surface area contributed by atoms with E-state index in [2.05, 4.69) is 0 Å². The van der Waals surface area contributed by atoms with Crippen LogP contribution in [-0.2, 0) is 0 Å². The van der Waals surface area contributed by atoms with Gasteiger partial charge in [0.15, 0.2) is 0 Å². The third kappa shape index (κ3) is 3.81. The molecule has 0 N–H and O–H groups in total. The molecule has 0 heteroatoms. The standard InChI is InChI=1S/C15H28/c1-2-4-6-8-11-15-13-9-12-14(15)10-7-5-3-1/h14-15H,1-13H2. The highest BCUT2D eigenvalue weighted by Gasteiger charge is 2.25. The average Bonchev–Trinajstić information content (AvgIpc) is 2.65. The summed E-state index contributed by atoms with van der Waals surface area (Å²) in [5.41, 5.74) is 0. The van der Waals surface area contributed by atoms with Crippen LogP contribution in [0, 0.1) is 11.8 Å².